The highest BCUT2D eigenvalue weighted by Gasteiger charge is 2.52. The first kappa shape index (κ1) is 33.5. The minimum Gasteiger partial charge on any atom is -0.497 e. The van der Waals surface area contributed by atoms with Gasteiger partial charge in [-0.25, -0.2) is 19.6 Å². The van der Waals surface area contributed by atoms with Crippen molar-refractivity contribution in [2.45, 2.75) is 103 Å². The van der Waals surface area contributed by atoms with Crippen LogP contribution in [0.3, 0.4) is 0 Å². The summed E-state index contributed by atoms with van der Waals surface area (Å²) in [5.74, 6) is -0.167. The summed E-state index contributed by atoms with van der Waals surface area (Å²) < 4.78 is 23.4. The molecule has 2 aromatic rings. The van der Waals surface area contributed by atoms with E-state index in [1.165, 1.54) is 12.0 Å². The lowest BCUT2D eigenvalue weighted by atomic mass is 9.85. The molecule has 0 radical (unpaired) electrons. The van der Waals surface area contributed by atoms with Gasteiger partial charge in [-0.15, -0.1) is 0 Å². The van der Waals surface area contributed by atoms with Gasteiger partial charge in [-0.1, -0.05) is 33.8 Å². The average Bonchev–Trinajstić information content (AvgIpc) is 3.57. The number of esters is 1. The fraction of sp³-hybridized carbons (Fsp3) is 0.629. The SMILES string of the molecule is CCC1C2CN(C(=O)C(C(C)(C)C)NC(=O)OC3(C)CCCC3CCCC=Cc3nc4ccc(OC)cc4nc3O2)C1C(=O)OC. The number of hydrogen-bond donors (Lipinski definition) is 1. The molecule has 6 atom stereocenters. The molecule has 1 aromatic heterocycles. The summed E-state index contributed by atoms with van der Waals surface area (Å²) in [5.41, 5.74) is 0.557. The van der Waals surface area contributed by atoms with Crippen LogP contribution >= 0.6 is 0 Å². The summed E-state index contributed by atoms with van der Waals surface area (Å²) in [7, 11) is 2.91. The van der Waals surface area contributed by atoms with Crippen LogP contribution in [0.1, 0.15) is 85.3 Å². The highest BCUT2D eigenvalue weighted by molar-refractivity contribution is 5.91. The fourth-order valence-electron chi connectivity index (χ4n) is 7.28. The minimum absolute atomic E-state index is 0.0984. The van der Waals surface area contributed by atoms with Crippen LogP contribution in [0, 0.1) is 17.3 Å². The molecule has 46 heavy (non-hydrogen) atoms. The summed E-state index contributed by atoms with van der Waals surface area (Å²) in [6.07, 6.45) is 8.65. The van der Waals surface area contributed by atoms with Crippen LogP contribution in [0.2, 0.25) is 0 Å². The lowest BCUT2D eigenvalue weighted by molar-refractivity contribution is -0.154. The average molecular weight is 637 g/mol. The number of carbonyl (C=O) groups is 3. The number of alkyl carbamates (subject to hydrolysis) is 1. The van der Waals surface area contributed by atoms with E-state index in [2.05, 4.69) is 11.4 Å². The zero-order valence-corrected chi connectivity index (χ0v) is 28.1. The number of nitrogens with zero attached hydrogens (tertiary/aromatic N) is 3. The van der Waals surface area contributed by atoms with E-state index in [4.69, 9.17) is 28.9 Å². The van der Waals surface area contributed by atoms with Crippen molar-refractivity contribution in [3.05, 3.63) is 30.0 Å². The number of ether oxygens (including phenoxy) is 4. The second-order valence-corrected chi connectivity index (χ2v) is 14.0. The number of aromatic nitrogens is 2. The first-order valence-electron chi connectivity index (χ1n) is 16.4. The van der Waals surface area contributed by atoms with Crippen molar-refractivity contribution in [2.24, 2.45) is 17.3 Å². The monoisotopic (exact) mass is 636 g/mol. The molecule has 11 nitrogen and oxygen atoms in total. The number of methoxy groups -OCH3 is 2. The van der Waals surface area contributed by atoms with E-state index in [9.17, 15) is 14.4 Å². The van der Waals surface area contributed by atoms with Crippen molar-refractivity contribution < 1.29 is 33.3 Å². The van der Waals surface area contributed by atoms with E-state index in [1.807, 2.05) is 52.8 Å². The number of allylic oxidation sites excluding steroid dienone is 1. The second-order valence-electron chi connectivity index (χ2n) is 14.0. The molecule has 11 heteroatoms. The predicted octanol–water partition coefficient (Wildman–Crippen LogP) is 5.69. The van der Waals surface area contributed by atoms with E-state index >= 15 is 0 Å². The molecule has 2 amide bonds. The molecule has 5 rings (SSSR count). The summed E-state index contributed by atoms with van der Waals surface area (Å²) in [6, 6.07) is 3.63. The molecule has 1 saturated carbocycles. The van der Waals surface area contributed by atoms with Crippen LogP contribution in [-0.2, 0) is 19.1 Å². The Kier molecular flexibility index (Phi) is 9.79. The summed E-state index contributed by atoms with van der Waals surface area (Å²) in [4.78, 5) is 52.4. The molecular formula is C35H48N4O7. The first-order chi connectivity index (χ1) is 21.9. The summed E-state index contributed by atoms with van der Waals surface area (Å²) in [6.45, 7) is 9.70. The number of amides is 2. The molecule has 1 saturated heterocycles. The van der Waals surface area contributed by atoms with Gasteiger partial charge in [-0.2, -0.15) is 0 Å². The van der Waals surface area contributed by atoms with Gasteiger partial charge in [0.2, 0.25) is 11.8 Å². The van der Waals surface area contributed by atoms with Gasteiger partial charge in [0, 0.05) is 12.0 Å². The molecule has 3 heterocycles. The number of hydrogen-bond acceptors (Lipinski definition) is 9. The molecule has 2 fully saturated rings. The first-order valence-corrected chi connectivity index (χ1v) is 16.4. The van der Waals surface area contributed by atoms with Gasteiger partial charge in [0.1, 0.15) is 35.2 Å². The Bertz CT molecular complexity index is 1490. The van der Waals surface area contributed by atoms with Crippen LogP contribution in [0.4, 0.5) is 4.79 Å². The fourth-order valence-corrected chi connectivity index (χ4v) is 7.28. The molecule has 250 valence electrons. The highest BCUT2D eigenvalue weighted by Crippen LogP contribution is 2.42. The zero-order valence-electron chi connectivity index (χ0n) is 28.1. The third-order valence-electron chi connectivity index (χ3n) is 9.91. The Labute approximate surface area is 271 Å². The molecular weight excluding hydrogens is 588 g/mol. The maximum absolute atomic E-state index is 14.4. The highest BCUT2D eigenvalue weighted by atomic mass is 16.6. The largest absolute Gasteiger partial charge is 0.497 e. The van der Waals surface area contributed by atoms with E-state index in [-0.39, 0.29) is 12.5 Å². The van der Waals surface area contributed by atoms with Crippen molar-refractivity contribution >= 4 is 35.1 Å². The molecule has 1 aromatic carbocycles. The molecule has 6 unspecified atom stereocenters. The quantitative estimate of drug-likeness (QED) is 0.422. The molecule has 0 spiro atoms. The standard InChI is InChI=1S/C35H48N4O7/c1-8-23-27-20-39(28(23)32(41)44-7)31(40)29(34(2,3)4)38-33(42)46-35(5)18-12-14-21(35)13-10-9-11-15-25-30(45-27)37-26-19-22(43-6)16-17-24(26)36-25/h11,15-17,19,21,23,27-29H,8-10,12-14,18,20H2,1-7H3,(H,38,42). The Balaban J connectivity index is 1.60. The van der Waals surface area contributed by atoms with Gasteiger partial charge in [-0.3, -0.25) is 4.79 Å². The Morgan fingerprint density at radius 3 is 2.59 bits per heavy atom. The minimum atomic E-state index is -0.961. The number of carbonyl (C=O) groups excluding carboxylic acids is 3. The van der Waals surface area contributed by atoms with Crippen molar-refractivity contribution in [1.29, 1.82) is 0 Å². The molecule has 2 aliphatic heterocycles. The van der Waals surface area contributed by atoms with Crippen LogP contribution < -0.4 is 14.8 Å². The lowest BCUT2D eigenvalue weighted by Gasteiger charge is -2.37. The predicted molar refractivity (Wildman–Crippen MR) is 173 cm³/mol. The third kappa shape index (κ3) is 6.78. The van der Waals surface area contributed by atoms with E-state index < -0.39 is 53.1 Å². The van der Waals surface area contributed by atoms with Crippen LogP contribution in [0.15, 0.2) is 24.3 Å². The van der Waals surface area contributed by atoms with Gasteiger partial charge in [0.25, 0.3) is 0 Å². The van der Waals surface area contributed by atoms with Crippen molar-refractivity contribution in [3.63, 3.8) is 0 Å². The lowest BCUT2D eigenvalue weighted by Crippen LogP contribution is -2.58. The molecule has 3 aliphatic rings. The van der Waals surface area contributed by atoms with Crippen molar-refractivity contribution in [3.8, 4) is 11.6 Å². The molecule has 2 bridgehead atoms. The molecule has 1 N–H and O–H groups in total. The number of benzene rings is 1. The number of nitrogens with one attached hydrogen (secondary N) is 1. The Hall–Kier alpha value is -3.89. The van der Waals surface area contributed by atoms with Gasteiger partial charge >= 0.3 is 12.1 Å². The summed E-state index contributed by atoms with van der Waals surface area (Å²) >= 11 is 0. The maximum Gasteiger partial charge on any atom is 0.408 e. The van der Waals surface area contributed by atoms with E-state index in [1.54, 1.807) is 13.2 Å². The smallest absolute Gasteiger partial charge is 0.408 e. The maximum atomic E-state index is 14.4. The number of rotatable bonds is 3. The Morgan fingerprint density at radius 2 is 1.89 bits per heavy atom. The second kappa shape index (κ2) is 13.5. The van der Waals surface area contributed by atoms with E-state index in [0.29, 0.717) is 34.8 Å². The van der Waals surface area contributed by atoms with Gasteiger partial charge in [0.15, 0.2) is 0 Å². The summed E-state index contributed by atoms with van der Waals surface area (Å²) in [5, 5.41) is 2.90. The third-order valence-corrected chi connectivity index (χ3v) is 9.91. The van der Waals surface area contributed by atoms with Gasteiger partial charge in [0.05, 0.1) is 31.8 Å². The number of fused-ring (bicyclic) bond motifs is 5. The van der Waals surface area contributed by atoms with Gasteiger partial charge in [-0.05, 0) is 81.4 Å². The van der Waals surface area contributed by atoms with Crippen LogP contribution in [0.25, 0.3) is 17.1 Å². The normalized spacial score (nSPS) is 29.1. The van der Waals surface area contributed by atoms with E-state index in [0.717, 1.165) is 38.5 Å². The van der Waals surface area contributed by atoms with Crippen molar-refractivity contribution in [1.82, 2.24) is 20.2 Å². The zero-order chi connectivity index (χ0) is 33.2. The van der Waals surface area contributed by atoms with Crippen LogP contribution in [0.5, 0.6) is 11.6 Å². The topological polar surface area (TPSA) is 129 Å². The van der Waals surface area contributed by atoms with Crippen molar-refractivity contribution in [2.75, 3.05) is 20.8 Å². The Morgan fingerprint density at radius 1 is 1.13 bits per heavy atom. The van der Waals surface area contributed by atoms with Crippen LogP contribution in [-0.4, -0.2) is 77.4 Å². The van der Waals surface area contributed by atoms with Gasteiger partial charge < -0.3 is 29.2 Å². The molecule has 1 aliphatic carbocycles.